The van der Waals surface area contributed by atoms with Crippen LogP contribution in [-0.4, -0.2) is 40.2 Å². The summed E-state index contributed by atoms with van der Waals surface area (Å²) in [4.78, 5) is 24.4. The lowest BCUT2D eigenvalue weighted by molar-refractivity contribution is -0.385. The maximum Gasteiger partial charge on any atom is 0.307 e. The molecule has 1 N–H and O–H groups in total. The van der Waals surface area contributed by atoms with Crippen LogP contribution in [0, 0.1) is 16.0 Å². The van der Waals surface area contributed by atoms with Crippen LogP contribution >= 0.6 is 0 Å². The topological polar surface area (TPSA) is 93.3 Å². The second kappa shape index (κ2) is 7.78. The smallest absolute Gasteiger partial charge is 0.307 e. The van der Waals surface area contributed by atoms with Crippen LogP contribution in [0.4, 0.5) is 11.4 Å². The Morgan fingerprint density at radius 3 is 2.64 bits per heavy atom. The summed E-state index contributed by atoms with van der Waals surface area (Å²) in [6.45, 7) is 2.59. The van der Waals surface area contributed by atoms with Gasteiger partial charge in [-0.05, 0) is 30.9 Å². The zero-order valence-electron chi connectivity index (χ0n) is 13.9. The molecular formula is C17H21N5O3. The first kappa shape index (κ1) is 16.9. The fourth-order valence-electron chi connectivity index (χ4n) is 3.03. The number of nitrogens with one attached hydrogen (secondary N) is 1. The van der Waals surface area contributed by atoms with Gasteiger partial charge in [0, 0.05) is 25.3 Å². The highest BCUT2D eigenvalue weighted by molar-refractivity contribution is 5.75. The number of carbonyl (C=O) groups excluding carboxylic acids is 1. The lowest BCUT2D eigenvalue weighted by atomic mass is 9.96. The third kappa shape index (κ3) is 4.56. The molecule has 0 bridgehead atoms. The highest BCUT2D eigenvalue weighted by atomic mass is 16.6. The van der Waals surface area contributed by atoms with Gasteiger partial charge >= 0.3 is 5.69 Å². The van der Waals surface area contributed by atoms with Gasteiger partial charge in [-0.15, -0.1) is 0 Å². The molecule has 1 amide bonds. The van der Waals surface area contributed by atoms with Gasteiger partial charge in [-0.2, -0.15) is 5.10 Å². The van der Waals surface area contributed by atoms with Crippen molar-refractivity contribution in [3.05, 3.63) is 52.8 Å². The average molecular weight is 343 g/mol. The minimum Gasteiger partial charge on any atom is -0.372 e. The normalized spacial score (nSPS) is 15.1. The Kier molecular flexibility index (Phi) is 5.27. The lowest BCUT2D eigenvalue weighted by Gasteiger charge is -2.33. The van der Waals surface area contributed by atoms with E-state index in [1.165, 1.54) is 16.6 Å². The summed E-state index contributed by atoms with van der Waals surface area (Å²) in [6.07, 6.45) is 4.47. The molecule has 25 heavy (non-hydrogen) atoms. The van der Waals surface area contributed by atoms with Crippen LogP contribution in [0.15, 0.2) is 42.7 Å². The molecule has 1 aromatic carbocycles. The van der Waals surface area contributed by atoms with Crippen LogP contribution in [0.2, 0.25) is 0 Å². The Bertz CT molecular complexity index is 723. The Morgan fingerprint density at radius 2 is 2.00 bits per heavy atom. The Morgan fingerprint density at radius 1 is 1.28 bits per heavy atom. The number of piperidine rings is 1. The van der Waals surface area contributed by atoms with E-state index in [0.717, 1.165) is 32.1 Å². The Hall–Kier alpha value is -2.90. The maximum absolute atomic E-state index is 12.0. The number of aromatic nitrogens is 2. The summed E-state index contributed by atoms with van der Waals surface area (Å²) in [7, 11) is 0. The van der Waals surface area contributed by atoms with Crippen LogP contribution < -0.4 is 10.2 Å². The van der Waals surface area contributed by atoms with Gasteiger partial charge in [-0.25, -0.2) is 0 Å². The lowest BCUT2D eigenvalue weighted by Crippen LogP contribution is -2.39. The Labute approximate surface area is 145 Å². The van der Waals surface area contributed by atoms with E-state index in [0.29, 0.717) is 12.5 Å². The van der Waals surface area contributed by atoms with Gasteiger partial charge in [-0.1, -0.05) is 18.2 Å². The summed E-state index contributed by atoms with van der Waals surface area (Å²) < 4.78 is 1.28. The minimum absolute atomic E-state index is 0.00327. The van der Waals surface area contributed by atoms with Crippen LogP contribution in [0.25, 0.3) is 0 Å². The number of anilines is 1. The number of amides is 1. The monoisotopic (exact) mass is 343 g/mol. The van der Waals surface area contributed by atoms with Gasteiger partial charge in [-0.3, -0.25) is 19.6 Å². The average Bonchev–Trinajstić information content (AvgIpc) is 3.10. The molecule has 8 nitrogen and oxygen atoms in total. The van der Waals surface area contributed by atoms with Gasteiger partial charge in [0.15, 0.2) is 0 Å². The molecule has 2 aromatic rings. The molecule has 0 unspecified atom stereocenters. The number of benzene rings is 1. The molecule has 1 aromatic heterocycles. The number of carbonyl (C=O) groups is 1. The van der Waals surface area contributed by atoms with Gasteiger partial charge in [0.25, 0.3) is 0 Å². The van der Waals surface area contributed by atoms with Crippen molar-refractivity contribution < 1.29 is 9.72 Å². The molecule has 0 aliphatic carbocycles. The molecule has 132 valence electrons. The molecule has 0 atom stereocenters. The second-order valence-corrected chi connectivity index (χ2v) is 6.22. The Balaban J connectivity index is 1.40. The van der Waals surface area contributed by atoms with Gasteiger partial charge < -0.3 is 10.2 Å². The standard InChI is InChI=1S/C17H21N5O3/c23-17(13-21-12-16(11-19-21)22(24)25)18-10-14-6-8-20(9-7-14)15-4-2-1-3-5-15/h1-5,11-12,14H,6-10,13H2,(H,18,23). The van der Waals surface area contributed by atoms with E-state index < -0.39 is 4.92 Å². The molecule has 1 fully saturated rings. The summed E-state index contributed by atoms with van der Waals surface area (Å²) >= 11 is 0. The van der Waals surface area contributed by atoms with Crippen LogP contribution in [0.5, 0.6) is 0 Å². The third-order valence-corrected chi connectivity index (χ3v) is 4.46. The van der Waals surface area contributed by atoms with E-state index >= 15 is 0 Å². The molecule has 1 aliphatic heterocycles. The van der Waals surface area contributed by atoms with E-state index in [2.05, 4.69) is 27.4 Å². The van der Waals surface area contributed by atoms with Crippen molar-refractivity contribution >= 4 is 17.3 Å². The molecule has 1 aliphatic rings. The van der Waals surface area contributed by atoms with E-state index in [9.17, 15) is 14.9 Å². The third-order valence-electron chi connectivity index (χ3n) is 4.46. The fraction of sp³-hybridized carbons (Fsp3) is 0.412. The largest absolute Gasteiger partial charge is 0.372 e. The quantitative estimate of drug-likeness (QED) is 0.638. The molecule has 3 rings (SSSR count). The van der Waals surface area contributed by atoms with Crippen molar-refractivity contribution in [2.75, 3.05) is 24.5 Å². The van der Waals surface area contributed by atoms with Crippen LogP contribution in [-0.2, 0) is 11.3 Å². The van der Waals surface area contributed by atoms with E-state index in [1.807, 2.05) is 18.2 Å². The van der Waals surface area contributed by atoms with Crippen molar-refractivity contribution in [2.24, 2.45) is 5.92 Å². The zero-order chi connectivity index (χ0) is 17.6. The summed E-state index contributed by atoms with van der Waals surface area (Å²) in [5.41, 5.74) is 1.13. The van der Waals surface area contributed by atoms with Crippen molar-refractivity contribution in [1.29, 1.82) is 0 Å². The molecule has 2 heterocycles. The van der Waals surface area contributed by atoms with Crippen molar-refractivity contribution in [1.82, 2.24) is 15.1 Å². The number of para-hydroxylation sites is 1. The first-order valence-corrected chi connectivity index (χ1v) is 8.35. The van der Waals surface area contributed by atoms with Crippen LogP contribution in [0.1, 0.15) is 12.8 Å². The first-order valence-electron chi connectivity index (χ1n) is 8.35. The second-order valence-electron chi connectivity index (χ2n) is 6.22. The molecule has 8 heteroatoms. The van der Waals surface area contributed by atoms with Crippen molar-refractivity contribution in [3.8, 4) is 0 Å². The molecule has 0 radical (unpaired) electrons. The molecule has 0 saturated carbocycles. The van der Waals surface area contributed by atoms with Crippen LogP contribution in [0.3, 0.4) is 0 Å². The number of hydrogen-bond donors (Lipinski definition) is 1. The molecule has 1 saturated heterocycles. The summed E-state index contributed by atoms with van der Waals surface area (Å²) in [6, 6.07) is 10.3. The maximum atomic E-state index is 12.0. The molecule has 0 spiro atoms. The van der Waals surface area contributed by atoms with Gasteiger partial charge in [0.2, 0.25) is 5.91 Å². The van der Waals surface area contributed by atoms with Crippen molar-refractivity contribution in [3.63, 3.8) is 0 Å². The number of hydrogen-bond acceptors (Lipinski definition) is 5. The van der Waals surface area contributed by atoms with E-state index in [4.69, 9.17) is 0 Å². The zero-order valence-corrected chi connectivity index (χ0v) is 13.9. The molecular weight excluding hydrogens is 322 g/mol. The predicted octanol–water partition coefficient (Wildman–Crippen LogP) is 1.82. The van der Waals surface area contributed by atoms with E-state index in [1.54, 1.807) is 0 Å². The van der Waals surface area contributed by atoms with Crippen molar-refractivity contribution in [2.45, 2.75) is 19.4 Å². The van der Waals surface area contributed by atoms with Gasteiger partial charge in [0.05, 0.1) is 4.92 Å². The number of nitrogens with zero attached hydrogens (tertiary/aromatic N) is 4. The SMILES string of the molecule is O=C(Cn1cc([N+](=O)[O-])cn1)NCC1CCN(c2ccccc2)CC1. The fourth-order valence-corrected chi connectivity index (χ4v) is 3.03. The number of rotatable bonds is 6. The summed E-state index contributed by atoms with van der Waals surface area (Å²) in [5.74, 6) is 0.277. The highest BCUT2D eigenvalue weighted by Gasteiger charge is 2.20. The first-order chi connectivity index (χ1) is 12.1. The highest BCUT2D eigenvalue weighted by Crippen LogP contribution is 2.22. The summed E-state index contributed by atoms with van der Waals surface area (Å²) in [5, 5.41) is 17.3. The van der Waals surface area contributed by atoms with Gasteiger partial charge in [0.1, 0.15) is 18.9 Å². The van der Waals surface area contributed by atoms with E-state index in [-0.39, 0.29) is 18.1 Å². The minimum atomic E-state index is -0.526. The predicted molar refractivity (Wildman–Crippen MR) is 93.3 cm³/mol. The number of nitro groups is 1.